The van der Waals surface area contributed by atoms with E-state index in [4.69, 9.17) is 16.3 Å². The lowest BCUT2D eigenvalue weighted by Crippen LogP contribution is -1.90. The summed E-state index contributed by atoms with van der Waals surface area (Å²) in [6, 6.07) is 19.7. The molecule has 0 saturated heterocycles. The van der Waals surface area contributed by atoms with E-state index in [9.17, 15) is 0 Å². The molecule has 104 valence electrons. The van der Waals surface area contributed by atoms with Crippen LogP contribution < -0.4 is 4.74 Å². The second kappa shape index (κ2) is 5.98. The van der Waals surface area contributed by atoms with Gasteiger partial charge in [-0.25, -0.2) is 0 Å². The van der Waals surface area contributed by atoms with Crippen molar-refractivity contribution >= 4 is 11.6 Å². The molecule has 0 fully saturated rings. The minimum absolute atomic E-state index is 0.723. The predicted molar refractivity (Wildman–Crippen MR) is 86.7 cm³/mol. The Morgan fingerprint density at radius 3 is 2.38 bits per heavy atom. The fourth-order valence-electron chi connectivity index (χ4n) is 2.26. The molecule has 0 aliphatic carbocycles. The van der Waals surface area contributed by atoms with E-state index in [1.54, 1.807) is 13.3 Å². The zero-order chi connectivity index (χ0) is 14.7. The summed E-state index contributed by atoms with van der Waals surface area (Å²) in [7, 11) is 1.67. The van der Waals surface area contributed by atoms with Crippen LogP contribution in [0.5, 0.6) is 5.75 Å². The van der Waals surface area contributed by atoms with Crippen LogP contribution >= 0.6 is 11.6 Å². The molecule has 21 heavy (non-hydrogen) atoms. The van der Waals surface area contributed by atoms with E-state index in [1.807, 2.05) is 60.7 Å². The Hall–Kier alpha value is -2.32. The number of benzene rings is 2. The van der Waals surface area contributed by atoms with Crippen LogP contribution in [0.1, 0.15) is 0 Å². The molecule has 3 heteroatoms. The lowest BCUT2D eigenvalue weighted by molar-refractivity contribution is 0.415. The first-order valence-electron chi connectivity index (χ1n) is 6.63. The average Bonchev–Trinajstić information content (AvgIpc) is 2.56. The summed E-state index contributed by atoms with van der Waals surface area (Å²) < 4.78 is 5.34. The summed E-state index contributed by atoms with van der Waals surface area (Å²) >= 11 is 5.98. The summed E-state index contributed by atoms with van der Waals surface area (Å²) in [4.78, 5) is 4.44. The van der Waals surface area contributed by atoms with Crippen molar-refractivity contribution in [3.8, 4) is 28.1 Å². The molecule has 0 N–H and O–H groups in total. The van der Waals surface area contributed by atoms with Crippen molar-refractivity contribution in [1.29, 1.82) is 0 Å². The number of nitrogens with zero attached hydrogens (tertiary/aromatic N) is 1. The summed E-state index contributed by atoms with van der Waals surface area (Å²) in [5.74, 6) is 0.819. The molecular formula is C18H14ClNO. The number of methoxy groups -OCH3 is 1. The average molecular weight is 296 g/mol. The molecule has 0 unspecified atom stereocenters. The van der Waals surface area contributed by atoms with Gasteiger partial charge in [0.15, 0.2) is 0 Å². The first-order chi connectivity index (χ1) is 10.3. The highest BCUT2D eigenvalue weighted by atomic mass is 35.5. The minimum atomic E-state index is 0.723. The molecule has 0 saturated carbocycles. The highest BCUT2D eigenvalue weighted by molar-refractivity contribution is 6.30. The Labute approximate surface area is 129 Å². The Morgan fingerprint density at radius 2 is 1.71 bits per heavy atom. The van der Waals surface area contributed by atoms with Crippen molar-refractivity contribution in [2.24, 2.45) is 0 Å². The summed E-state index contributed by atoms with van der Waals surface area (Å²) in [6.45, 7) is 0. The van der Waals surface area contributed by atoms with Gasteiger partial charge in [-0.05, 0) is 53.6 Å². The molecule has 1 heterocycles. The van der Waals surface area contributed by atoms with Crippen molar-refractivity contribution in [3.05, 3.63) is 71.9 Å². The Bertz CT molecular complexity index is 739. The third kappa shape index (κ3) is 2.91. The SMILES string of the molecule is COc1ccc(-c2ccccn2)c(-c2ccc(Cl)cc2)c1. The Balaban J connectivity index is 2.18. The van der Waals surface area contributed by atoms with Crippen LogP contribution in [0.25, 0.3) is 22.4 Å². The van der Waals surface area contributed by atoms with Gasteiger partial charge in [0.05, 0.1) is 12.8 Å². The molecule has 0 atom stereocenters. The zero-order valence-corrected chi connectivity index (χ0v) is 12.3. The van der Waals surface area contributed by atoms with E-state index >= 15 is 0 Å². The largest absolute Gasteiger partial charge is 0.497 e. The monoisotopic (exact) mass is 295 g/mol. The van der Waals surface area contributed by atoms with Crippen LogP contribution in [0.2, 0.25) is 5.02 Å². The predicted octanol–water partition coefficient (Wildman–Crippen LogP) is 5.08. The first kappa shape index (κ1) is 13.7. The van der Waals surface area contributed by atoms with Crippen LogP contribution in [0.15, 0.2) is 66.9 Å². The normalized spacial score (nSPS) is 10.4. The van der Waals surface area contributed by atoms with Crippen LogP contribution in [-0.4, -0.2) is 12.1 Å². The van der Waals surface area contributed by atoms with Gasteiger partial charge >= 0.3 is 0 Å². The van der Waals surface area contributed by atoms with Gasteiger partial charge in [0.1, 0.15) is 5.75 Å². The number of aromatic nitrogens is 1. The van der Waals surface area contributed by atoms with Crippen molar-refractivity contribution in [2.45, 2.75) is 0 Å². The maximum absolute atomic E-state index is 5.98. The molecule has 0 bridgehead atoms. The van der Waals surface area contributed by atoms with Crippen LogP contribution in [0.4, 0.5) is 0 Å². The number of hydrogen-bond acceptors (Lipinski definition) is 2. The van der Waals surface area contributed by atoms with E-state index in [0.29, 0.717) is 0 Å². The standard InChI is InChI=1S/C18H14ClNO/c1-21-15-9-10-16(18-4-2-3-11-20-18)17(12-15)13-5-7-14(19)8-6-13/h2-12H,1H3. The third-order valence-corrected chi connectivity index (χ3v) is 3.57. The molecule has 1 aromatic heterocycles. The van der Waals surface area contributed by atoms with Gasteiger partial charge in [0.2, 0.25) is 0 Å². The minimum Gasteiger partial charge on any atom is -0.497 e. The molecule has 0 aliphatic heterocycles. The van der Waals surface area contributed by atoms with E-state index in [0.717, 1.165) is 33.2 Å². The lowest BCUT2D eigenvalue weighted by Gasteiger charge is -2.11. The van der Waals surface area contributed by atoms with E-state index in [-0.39, 0.29) is 0 Å². The third-order valence-electron chi connectivity index (χ3n) is 3.32. The molecule has 2 aromatic carbocycles. The van der Waals surface area contributed by atoms with Crippen molar-refractivity contribution in [1.82, 2.24) is 4.98 Å². The van der Waals surface area contributed by atoms with Gasteiger partial charge in [-0.2, -0.15) is 0 Å². The molecule has 3 aromatic rings. The topological polar surface area (TPSA) is 22.1 Å². The van der Waals surface area contributed by atoms with E-state index in [2.05, 4.69) is 4.98 Å². The second-order valence-electron chi connectivity index (χ2n) is 4.63. The number of halogens is 1. The number of ether oxygens (including phenoxy) is 1. The summed E-state index contributed by atoms with van der Waals surface area (Å²) in [6.07, 6.45) is 1.80. The van der Waals surface area contributed by atoms with Crippen LogP contribution in [-0.2, 0) is 0 Å². The number of rotatable bonds is 3. The van der Waals surface area contributed by atoms with Gasteiger partial charge in [-0.3, -0.25) is 4.98 Å². The molecule has 0 aliphatic rings. The summed E-state index contributed by atoms with van der Waals surface area (Å²) in [5, 5.41) is 0.723. The molecule has 0 radical (unpaired) electrons. The Morgan fingerprint density at radius 1 is 0.905 bits per heavy atom. The molecule has 2 nitrogen and oxygen atoms in total. The molecule has 3 rings (SSSR count). The van der Waals surface area contributed by atoms with E-state index in [1.165, 1.54) is 0 Å². The van der Waals surface area contributed by atoms with Gasteiger partial charge in [0.25, 0.3) is 0 Å². The molecule has 0 spiro atoms. The van der Waals surface area contributed by atoms with Crippen molar-refractivity contribution in [2.75, 3.05) is 7.11 Å². The molecular weight excluding hydrogens is 282 g/mol. The number of pyridine rings is 1. The first-order valence-corrected chi connectivity index (χ1v) is 7.01. The van der Waals surface area contributed by atoms with Crippen molar-refractivity contribution < 1.29 is 4.74 Å². The smallest absolute Gasteiger partial charge is 0.119 e. The lowest BCUT2D eigenvalue weighted by atomic mass is 9.97. The van der Waals surface area contributed by atoms with Crippen LogP contribution in [0.3, 0.4) is 0 Å². The highest BCUT2D eigenvalue weighted by Crippen LogP contribution is 2.34. The Kier molecular flexibility index (Phi) is 3.89. The molecule has 0 amide bonds. The fourth-order valence-corrected chi connectivity index (χ4v) is 2.39. The van der Waals surface area contributed by atoms with Gasteiger partial charge in [-0.15, -0.1) is 0 Å². The maximum Gasteiger partial charge on any atom is 0.119 e. The fraction of sp³-hybridized carbons (Fsp3) is 0.0556. The second-order valence-corrected chi connectivity index (χ2v) is 5.07. The maximum atomic E-state index is 5.98. The van der Waals surface area contributed by atoms with Gasteiger partial charge in [-0.1, -0.05) is 29.8 Å². The van der Waals surface area contributed by atoms with Crippen molar-refractivity contribution in [3.63, 3.8) is 0 Å². The number of hydrogen-bond donors (Lipinski definition) is 0. The highest BCUT2D eigenvalue weighted by Gasteiger charge is 2.10. The summed E-state index contributed by atoms with van der Waals surface area (Å²) in [5.41, 5.74) is 4.16. The quantitative estimate of drug-likeness (QED) is 0.672. The van der Waals surface area contributed by atoms with Gasteiger partial charge in [0, 0.05) is 16.8 Å². The van der Waals surface area contributed by atoms with Crippen LogP contribution in [0, 0.1) is 0 Å². The zero-order valence-electron chi connectivity index (χ0n) is 11.6. The van der Waals surface area contributed by atoms with E-state index < -0.39 is 0 Å². The van der Waals surface area contributed by atoms with Gasteiger partial charge < -0.3 is 4.74 Å².